The van der Waals surface area contributed by atoms with Crippen molar-refractivity contribution in [1.82, 2.24) is 0 Å². The van der Waals surface area contributed by atoms with E-state index in [2.05, 4.69) is 0 Å². The Morgan fingerprint density at radius 1 is 0.735 bits per heavy atom. The largest absolute Gasteiger partial charge is 0.508 e. The second kappa shape index (κ2) is 11.0. The molecule has 7 nitrogen and oxygen atoms in total. The molecule has 2 N–H and O–H groups in total. The summed E-state index contributed by atoms with van der Waals surface area (Å²) in [5.41, 5.74) is 2.11. The Bertz CT molecular complexity index is 1220. The van der Waals surface area contributed by atoms with E-state index in [-0.39, 0.29) is 17.1 Å². The van der Waals surface area contributed by atoms with Crippen LogP contribution in [-0.2, 0) is 0 Å². The van der Waals surface area contributed by atoms with E-state index in [0.29, 0.717) is 28.6 Å². The van der Waals surface area contributed by atoms with Crippen LogP contribution in [0.1, 0.15) is 21.5 Å². The maximum absolute atomic E-state index is 12.8. The molecule has 0 unspecified atom stereocenters. The van der Waals surface area contributed by atoms with Crippen LogP contribution in [0.2, 0.25) is 0 Å². The van der Waals surface area contributed by atoms with Crippen molar-refractivity contribution in [2.75, 3.05) is 28.4 Å². The second-order valence-corrected chi connectivity index (χ2v) is 7.16. The summed E-state index contributed by atoms with van der Waals surface area (Å²) in [4.78, 5) is 12.8. The number of benzene rings is 3. The summed E-state index contributed by atoms with van der Waals surface area (Å²) in [6, 6.07) is 14.7. The zero-order valence-electron chi connectivity index (χ0n) is 19.4. The lowest BCUT2D eigenvalue weighted by molar-refractivity contribution is 0.104. The summed E-state index contributed by atoms with van der Waals surface area (Å²) in [5, 5.41) is 19.7. The summed E-state index contributed by atoms with van der Waals surface area (Å²) < 4.78 is 21.8. The lowest BCUT2D eigenvalue weighted by atomic mass is 9.99. The third-order valence-electron chi connectivity index (χ3n) is 5.09. The fourth-order valence-corrected chi connectivity index (χ4v) is 3.44. The van der Waals surface area contributed by atoms with Crippen molar-refractivity contribution < 1.29 is 34.0 Å². The molecule has 0 bridgehead atoms. The summed E-state index contributed by atoms with van der Waals surface area (Å²) in [5.74, 6) is 1.23. The van der Waals surface area contributed by atoms with Gasteiger partial charge in [-0.1, -0.05) is 24.3 Å². The Morgan fingerprint density at radius 2 is 1.38 bits per heavy atom. The van der Waals surface area contributed by atoms with Crippen molar-refractivity contribution in [2.45, 2.75) is 0 Å². The van der Waals surface area contributed by atoms with Crippen LogP contribution in [0.4, 0.5) is 0 Å². The minimum absolute atomic E-state index is 0.0107. The number of ether oxygens (including phenoxy) is 4. The van der Waals surface area contributed by atoms with Gasteiger partial charge in [-0.05, 0) is 59.7 Å². The minimum atomic E-state index is -0.473. The molecule has 0 saturated heterocycles. The standard InChI is InChI=1S/C27H26O7/c1-31-24-8-6-5-7-20(24)18(9-11-22(29)21-16-19(28)10-12-23(21)30)13-17-14-25(32-2)27(34-4)26(15-17)33-3/h5-16,28,30H,1-4H3/b11-9+,18-13+. The molecule has 0 saturated carbocycles. The molecule has 3 rings (SSSR count). The molecule has 0 radical (unpaired) electrons. The molecule has 0 atom stereocenters. The quantitative estimate of drug-likeness (QED) is 0.150. The number of carbonyl (C=O) groups is 1. The van der Waals surface area contributed by atoms with Crippen LogP contribution in [0.5, 0.6) is 34.5 Å². The molecule has 0 amide bonds. The molecule has 0 heterocycles. The van der Waals surface area contributed by atoms with Gasteiger partial charge in [-0.25, -0.2) is 0 Å². The first kappa shape index (κ1) is 24.3. The number of methoxy groups -OCH3 is 4. The van der Waals surface area contributed by atoms with Gasteiger partial charge in [-0.15, -0.1) is 0 Å². The van der Waals surface area contributed by atoms with E-state index < -0.39 is 5.78 Å². The summed E-state index contributed by atoms with van der Waals surface area (Å²) >= 11 is 0. The summed E-state index contributed by atoms with van der Waals surface area (Å²) in [6.07, 6.45) is 4.78. The van der Waals surface area contributed by atoms with E-state index in [9.17, 15) is 15.0 Å². The molecule has 0 aliphatic carbocycles. The first-order valence-electron chi connectivity index (χ1n) is 10.3. The summed E-state index contributed by atoms with van der Waals surface area (Å²) in [6.45, 7) is 0. The van der Waals surface area contributed by atoms with E-state index in [4.69, 9.17) is 18.9 Å². The highest BCUT2D eigenvalue weighted by Gasteiger charge is 2.15. The van der Waals surface area contributed by atoms with Gasteiger partial charge < -0.3 is 29.2 Å². The molecule has 0 aliphatic heterocycles. The van der Waals surface area contributed by atoms with E-state index in [1.165, 1.54) is 45.6 Å². The van der Waals surface area contributed by atoms with Crippen molar-refractivity contribution in [3.8, 4) is 34.5 Å². The fraction of sp³-hybridized carbons (Fsp3) is 0.148. The van der Waals surface area contributed by atoms with Gasteiger partial charge in [0.2, 0.25) is 5.75 Å². The number of phenols is 2. The van der Waals surface area contributed by atoms with E-state index in [0.717, 1.165) is 11.1 Å². The van der Waals surface area contributed by atoms with Crippen LogP contribution in [0.15, 0.2) is 66.7 Å². The number of rotatable bonds is 9. The van der Waals surface area contributed by atoms with Crippen LogP contribution in [-0.4, -0.2) is 44.4 Å². The number of para-hydroxylation sites is 1. The normalized spacial score (nSPS) is 11.4. The molecule has 0 aromatic heterocycles. The number of allylic oxidation sites excluding steroid dienone is 3. The van der Waals surface area contributed by atoms with Crippen molar-refractivity contribution in [3.63, 3.8) is 0 Å². The average Bonchev–Trinajstić information content (AvgIpc) is 2.86. The topological polar surface area (TPSA) is 94.5 Å². The lowest BCUT2D eigenvalue weighted by Crippen LogP contribution is -1.97. The number of phenolic OH excluding ortho intramolecular Hbond substituents is 2. The van der Waals surface area contributed by atoms with Crippen LogP contribution in [0, 0.1) is 0 Å². The molecule has 7 heteroatoms. The van der Waals surface area contributed by atoms with E-state index in [1.54, 1.807) is 25.3 Å². The minimum Gasteiger partial charge on any atom is -0.508 e. The fourth-order valence-electron chi connectivity index (χ4n) is 3.44. The third kappa shape index (κ3) is 5.32. The highest BCUT2D eigenvalue weighted by molar-refractivity contribution is 6.08. The van der Waals surface area contributed by atoms with Crippen molar-refractivity contribution >= 4 is 17.4 Å². The molecular weight excluding hydrogens is 436 g/mol. The maximum Gasteiger partial charge on any atom is 0.203 e. The number of hydrogen-bond acceptors (Lipinski definition) is 7. The summed E-state index contributed by atoms with van der Waals surface area (Å²) in [7, 11) is 6.16. The number of aromatic hydroxyl groups is 2. The zero-order chi connectivity index (χ0) is 24.7. The van der Waals surface area contributed by atoms with Gasteiger partial charge in [0.1, 0.15) is 17.2 Å². The zero-order valence-corrected chi connectivity index (χ0v) is 19.4. The van der Waals surface area contributed by atoms with Gasteiger partial charge in [0.25, 0.3) is 0 Å². The average molecular weight is 462 g/mol. The second-order valence-electron chi connectivity index (χ2n) is 7.16. The third-order valence-corrected chi connectivity index (χ3v) is 5.09. The first-order chi connectivity index (χ1) is 16.4. The van der Waals surface area contributed by atoms with Crippen molar-refractivity contribution in [2.24, 2.45) is 0 Å². The molecular formula is C27H26O7. The van der Waals surface area contributed by atoms with Crippen molar-refractivity contribution in [1.29, 1.82) is 0 Å². The van der Waals surface area contributed by atoms with Gasteiger partial charge in [0, 0.05) is 5.56 Å². The molecule has 34 heavy (non-hydrogen) atoms. The molecule has 3 aromatic rings. The first-order valence-corrected chi connectivity index (χ1v) is 10.3. The molecule has 0 fully saturated rings. The van der Waals surface area contributed by atoms with Crippen molar-refractivity contribution in [3.05, 3.63) is 83.4 Å². The Morgan fingerprint density at radius 3 is 2.00 bits per heavy atom. The lowest BCUT2D eigenvalue weighted by Gasteiger charge is -2.14. The van der Waals surface area contributed by atoms with Gasteiger partial charge in [0.05, 0.1) is 34.0 Å². The Labute approximate surface area is 198 Å². The SMILES string of the molecule is COc1ccccc1C(/C=C/C(=O)c1cc(O)ccc1O)=C/c1cc(OC)c(OC)c(OC)c1. The molecule has 0 spiro atoms. The van der Waals surface area contributed by atoms with Crippen LogP contribution >= 0.6 is 0 Å². The monoisotopic (exact) mass is 462 g/mol. The number of hydrogen-bond donors (Lipinski definition) is 2. The predicted molar refractivity (Wildman–Crippen MR) is 130 cm³/mol. The van der Waals surface area contributed by atoms with Gasteiger partial charge >= 0.3 is 0 Å². The van der Waals surface area contributed by atoms with Crippen LogP contribution in [0.25, 0.3) is 11.6 Å². The van der Waals surface area contributed by atoms with Crippen LogP contribution < -0.4 is 18.9 Å². The van der Waals surface area contributed by atoms with Gasteiger partial charge in [-0.3, -0.25) is 4.79 Å². The highest BCUT2D eigenvalue weighted by atomic mass is 16.5. The Balaban J connectivity index is 2.14. The Hall–Kier alpha value is -4.39. The molecule has 0 aliphatic rings. The van der Waals surface area contributed by atoms with E-state index >= 15 is 0 Å². The maximum atomic E-state index is 12.8. The highest BCUT2D eigenvalue weighted by Crippen LogP contribution is 2.39. The number of ketones is 1. The van der Waals surface area contributed by atoms with Gasteiger partial charge in [-0.2, -0.15) is 0 Å². The molecule has 3 aromatic carbocycles. The number of carbonyl (C=O) groups excluding carboxylic acids is 1. The predicted octanol–water partition coefficient (Wildman–Crippen LogP) is 5.11. The molecule has 176 valence electrons. The smallest absolute Gasteiger partial charge is 0.203 e. The van der Waals surface area contributed by atoms with Crippen LogP contribution in [0.3, 0.4) is 0 Å². The van der Waals surface area contributed by atoms with E-state index in [1.807, 2.05) is 30.3 Å². The Kier molecular flexibility index (Phi) is 7.82. The van der Waals surface area contributed by atoms with Gasteiger partial charge in [0.15, 0.2) is 17.3 Å².